The Hall–Kier alpha value is -2.18. The highest BCUT2D eigenvalue weighted by Crippen LogP contribution is 2.16. The zero-order chi connectivity index (χ0) is 19.2. The Morgan fingerprint density at radius 3 is 2.23 bits per heavy atom. The van der Waals surface area contributed by atoms with Crippen LogP contribution < -0.4 is 5.32 Å². The molecule has 6 heteroatoms. The van der Waals surface area contributed by atoms with Gasteiger partial charge in [0.25, 0.3) is 5.91 Å². The van der Waals surface area contributed by atoms with E-state index in [1.165, 1.54) is 4.31 Å². The van der Waals surface area contributed by atoms with Gasteiger partial charge >= 0.3 is 0 Å². The van der Waals surface area contributed by atoms with Crippen molar-refractivity contribution in [3.63, 3.8) is 0 Å². The van der Waals surface area contributed by atoms with Crippen LogP contribution in [0.15, 0.2) is 59.5 Å². The molecule has 0 heterocycles. The van der Waals surface area contributed by atoms with Crippen molar-refractivity contribution in [2.75, 3.05) is 13.6 Å². The standard InChI is InChI=1S/C20H26N2O3S/c1-16(2)13-14-21-20(23)18-11-9-17(10-12-18)15-22(3)26(24,25)19-7-5-4-6-8-19/h4-12,16H,13-15H2,1-3H3,(H,21,23). The zero-order valence-electron chi connectivity index (χ0n) is 15.5. The molecule has 0 aliphatic heterocycles. The topological polar surface area (TPSA) is 66.5 Å². The molecule has 0 saturated carbocycles. The third-order valence-corrected chi connectivity index (χ3v) is 5.90. The molecule has 0 radical (unpaired) electrons. The molecule has 140 valence electrons. The van der Waals surface area contributed by atoms with E-state index in [0.717, 1.165) is 12.0 Å². The lowest BCUT2D eigenvalue weighted by Crippen LogP contribution is -2.27. The molecule has 2 aromatic carbocycles. The molecule has 5 nitrogen and oxygen atoms in total. The van der Waals surface area contributed by atoms with Crippen LogP contribution >= 0.6 is 0 Å². The molecule has 0 aliphatic rings. The molecule has 2 rings (SSSR count). The fourth-order valence-corrected chi connectivity index (χ4v) is 3.63. The molecule has 0 spiro atoms. The maximum Gasteiger partial charge on any atom is 0.251 e. The molecule has 0 unspecified atom stereocenters. The lowest BCUT2D eigenvalue weighted by molar-refractivity contribution is 0.0952. The first-order valence-corrected chi connectivity index (χ1v) is 10.1. The van der Waals surface area contributed by atoms with Crippen LogP contribution in [0.25, 0.3) is 0 Å². The normalized spacial score (nSPS) is 11.7. The Bertz CT molecular complexity index is 816. The van der Waals surface area contributed by atoms with Crippen LogP contribution in [0.4, 0.5) is 0 Å². The summed E-state index contributed by atoms with van der Waals surface area (Å²) < 4.78 is 26.4. The Morgan fingerprint density at radius 2 is 1.65 bits per heavy atom. The summed E-state index contributed by atoms with van der Waals surface area (Å²) in [5, 5.41) is 2.89. The molecule has 26 heavy (non-hydrogen) atoms. The summed E-state index contributed by atoms with van der Waals surface area (Å²) in [5.74, 6) is 0.433. The highest BCUT2D eigenvalue weighted by atomic mass is 32.2. The average molecular weight is 375 g/mol. The van der Waals surface area contributed by atoms with Gasteiger partial charge in [-0.2, -0.15) is 4.31 Å². The minimum atomic E-state index is -3.53. The third kappa shape index (κ3) is 5.41. The number of carbonyl (C=O) groups is 1. The van der Waals surface area contributed by atoms with Gasteiger partial charge in [0.15, 0.2) is 0 Å². The van der Waals surface area contributed by atoms with Crippen LogP contribution in [-0.4, -0.2) is 32.2 Å². The second-order valence-corrected chi connectivity index (χ2v) is 8.75. The highest BCUT2D eigenvalue weighted by molar-refractivity contribution is 7.89. The van der Waals surface area contributed by atoms with Crippen molar-refractivity contribution in [1.82, 2.24) is 9.62 Å². The number of nitrogens with zero attached hydrogens (tertiary/aromatic N) is 1. The summed E-state index contributed by atoms with van der Waals surface area (Å²) in [6.07, 6.45) is 0.936. The van der Waals surface area contributed by atoms with Crippen LogP contribution in [-0.2, 0) is 16.6 Å². The number of rotatable bonds is 8. The Kier molecular flexibility index (Phi) is 6.94. The van der Waals surface area contributed by atoms with Crippen LogP contribution in [0.5, 0.6) is 0 Å². The lowest BCUT2D eigenvalue weighted by Gasteiger charge is -2.17. The first kappa shape index (κ1) is 20.1. The number of nitrogens with one attached hydrogen (secondary N) is 1. The fraction of sp³-hybridized carbons (Fsp3) is 0.350. The molecule has 2 aromatic rings. The maximum atomic E-state index is 12.5. The minimum absolute atomic E-state index is 0.109. The Morgan fingerprint density at radius 1 is 1.04 bits per heavy atom. The second-order valence-electron chi connectivity index (χ2n) is 6.71. The van der Waals surface area contributed by atoms with Crippen molar-refractivity contribution >= 4 is 15.9 Å². The van der Waals surface area contributed by atoms with Crippen LogP contribution in [0.3, 0.4) is 0 Å². The van der Waals surface area contributed by atoms with E-state index in [0.29, 0.717) is 18.0 Å². The number of hydrogen-bond acceptors (Lipinski definition) is 3. The molecule has 0 saturated heterocycles. The van der Waals surface area contributed by atoms with Gasteiger partial charge in [0.05, 0.1) is 4.90 Å². The molecule has 1 amide bonds. The summed E-state index contributed by atoms with van der Waals surface area (Å²) >= 11 is 0. The summed E-state index contributed by atoms with van der Waals surface area (Å²) in [4.78, 5) is 12.4. The molecule has 0 bridgehead atoms. The highest BCUT2D eigenvalue weighted by Gasteiger charge is 2.20. The number of benzene rings is 2. The Balaban J connectivity index is 1.99. The van der Waals surface area contributed by atoms with Crippen LogP contribution in [0.2, 0.25) is 0 Å². The molecule has 0 aromatic heterocycles. The molecule has 1 N–H and O–H groups in total. The molecule has 0 fully saturated rings. The van der Waals surface area contributed by atoms with Gasteiger partial charge in [-0.25, -0.2) is 8.42 Å². The molecule has 0 aliphatic carbocycles. The van der Waals surface area contributed by atoms with Crippen molar-refractivity contribution in [3.8, 4) is 0 Å². The summed E-state index contributed by atoms with van der Waals surface area (Å²) in [7, 11) is -1.98. The largest absolute Gasteiger partial charge is 0.352 e. The minimum Gasteiger partial charge on any atom is -0.352 e. The van der Waals surface area contributed by atoms with Gasteiger partial charge < -0.3 is 5.32 Å². The molecular formula is C20H26N2O3S. The van der Waals surface area contributed by atoms with Gasteiger partial charge in [-0.15, -0.1) is 0 Å². The quantitative estimate of drug-likeness (QED) is 0.771. The van der Waals surface area contributed by atoms with Crippen molar-refractivity contribution in [2.24, 2.45) is 5.92 Å². The fourth-order valence-electron chi connectivity index (χ4n) is 2.45. The lowest BCUT2D eigenvalue weighted by atomic mass is 10.1. The van der Waals surface area contributed by atoms with E-state index in [2.05, 4.69) is 19.2 Å². The van der Waals surface area contributed by atoms with E-state index in [9.17, 15) is 13.2 Å². The summed E-state index contributed by atoms with van der Waals surface area (Å²) in [6, 6.07) is 15.4. The van der Waals surface area contributed by atoms with E-state index in [-0.39, 0.29) is 17.3 Å². The van der Waals surface area contributed by atoms with Gasteiger partial charge in [0.1, 0.15) is 0 Å². The van der Waals surface area contributed by atoms with Gasteiger partial charge in [0, 0.05) is 25.7 Å². The third-order valence-electron chi connectivity index (χ3n) is 4.08. The first-order valence-electron chi connectivity index (χ1n) is 8.69. The number of hydrogen-bond donors (Lipinski definition) is 1. The van der Waals surface area contributed by atoms with Gasteiger partial charge in [-0.3, -0.25) is 4.79 Å². The summed E-state index contributed by atoms with van der Waals surface area (Å²) in [5.41, 5.74) is 1.40. The SMILES string of the molecule is CC(C)CCNC(=O)c1ccc(CN(C)S(=O)(=O)c2ccccc2)cc1. The second kappa shape index (κ2) is 8.96. The smallest absolute Gasteiger partial charge is 0.251 e. The zero-order valence-corrected chi connectivity index (χ0v) is 16.3. The first-order chi connectivity index (χ1) is 12.3. The van der Waals surface area contributed by atoms with Crippen molar-refractivity contribution < 1.29 is 13.2 Å². The number of amides is 1. The average Bonchev–Trinajstić information content (AvgIpc) is 2.62. The van der Waals surface area contributed by atoms with E-state index >= 15 is 0 Å². The van der Waals surface area contributed by atoms with Crippen molar-refractivity contribution in [3.05, 3.63) is 65.7 Å². The van der Waals surface area contributed by atoms with Crippen molar-refractivity contribution in [2.45, 2.75) is 31.7 Å². The van der Waals surface area contributed by atoms with Crippen molar-refractivity contribution in [1.29, 1.82) is 0 Å². The van der Waals surface area contributed by atoms with Gasteiger partial charge in [-0.1, -0.05) is 44.2 Å². The van der Waals surface area contributed by atoms with Crippen LogP contribution in [0.1, 0.15) is 36.2 Å². The van der Waals surface area contributed by atoms with E-state index in [4.69, 9.17) is 0 Å². The molecular weight excluding hydrogens is 348 g/mol. The summed E-state index contributed by atoms with van der Waals surface area (Å²) in [6.45, 7) is 5.12. The van der Waals surface area contributed by atoms with E-state index in [1.54, 1.807) is 61.6 Å². The number of carbonyl (C=O) groups excluding carboxylic acids is 1. The predicted octanol–water partition coefficient (Wildman–Crippen LogP) is 3.28. The number of sulfonamides is 1. The molecule has 0 atom stereocenters. The predicted molar refractivity (Wildman–Crippen MR) is 103 cm³/mol. The monoisotopic (exact) mass is 374 g/mol. The van der Waals surface area contributed by atoms with Gasteiger partial charge in [-0.05, 0) is 42.2 Å². The van der Waals surface area contributed by atoms with E-state index < -0.39 is 10.0 Å². The van der Waals surface area contributed by atoms with E-state index in [1.807, 2.05) is 0 Å². The van der Waals surface area contributed by atoms with Gasteiger partial charge in [0.2, 0.25) is 10.0 Å². The maximum absolute atomic E-state index is 12.5. The van der Waals surface area contributed by atoms with Crippen LogP contribution in [0, 0.1) is 5.92 Å². The Labute approximate surface area is 156 Å².